The van der Waals surface area contributed by atoms with Crippen molar-refractivity contribution in [3.63, 3.8) is 0 Å². The summed E-state index contributed by atoms with van der Waals surface area (Å²) in [5.74, 6) is -1.88. The van der Waals surface area contributed by atoms with Gasteiger partial charge in [-0.2, -0.15) is 4.31 Å². The van der Waals surface area contributed by atoms with Crippen molar-refractivity contribution in [3.05, 3.63) is 17.9 Å². The third-order valence-corrected chi connectivity index (χ3v) is 3.86. The highest BCUT2D eigenvalue weighted by Crippen LogP contribution is 2.18. The van der Waals surface area contributed by atoms with Crippen LogP contribution < -0.4 is 0 Å². The summed E-state index contributed by atoms with van der Waals surface area (Å²) >= 11 is 0. The van der Waals surface area contributed by atoms with Crippen molar-refractivity contribution in [3.8, 4) is 0 Å². The summed E-state index contributed by atoms with van der Waals surface area (Å²) in [4.78, 5) is 10.6. The highest BCUT2D eigenvalue weighted by atomic mass is 32.2. The molecule has 18 heavy (non-hydrogen) atoms. The van der Waals surface area contributed by atoms with Crippen LogP contribution in [-0.2, 0) is 10.0 Å². The molecule has 0 aliphatic rings. The quantitative estimate of drug-likeness (QED) is 0.581. The number of hydrogen-bond donors (Lipinski definition) is 3. The zero-order chi connectivity index (χ0) is 13.8. The molecule has 8 nitrogen and oxygen atoms in total. The Hall–Kier alpha value is -1.42. The predicted octanol–water partition coefficient (Wildman–Crippen LogP) is -1.05. The van der Waals surface area contributed by atoms with Crippen LogP contribution in [0.15, 0.2) is 21.6 Å². The Morgan fingerprint density at radius 1 is 1.22 bits per heavy atom. The highest BCUT2D eigenvalue weighted by Gasteiger charge is 2.27. The van der Waals surface area contributed by atoms with Gasteiger partial charge in [0.1, 0.15) is 0 Å². The van der Waals surface area contributed by atoms with Gasteiger partial charge in [-0.25, -0.2) is 13.2 Å². The second kappa shape index (κ2) is 5.96. The number of carboxylic acids is 1. The molecule has 0 spiro atoms. The maximum absolute atomic E-state index is 12.0. The van der Waals surface area contributed by atoms with Crippen LogP contribution in [0.2, 0.25) is 0 Å². The number of aliphatic hydroxyl groups is 2. The maximum Gasteiger partial charge on any atom is 0.371 e. The first-order chi connectivity index (χ1) is 8.43. The second-order valence-corrected chi connectivity index (χ2v) is 5.14. The van der Waals surface area contributed by atoms with Gasteiger partial charge in [0.25, 0.3) is 10.0 Å². The first kappa shape index (κ1) is 14.6. The molecule has 0 aromatic carbocycles. The minimum atomic E-state index is -4.05. The van der Waals surface area contributed by atoms with Gasteiger partial charge in [-0.3, -0.25) is 0 Å². The summed E-state index contributed by atoms with van der Waals surface area (Å²) in [7, 11) is -4.05. The number of carboxylic acid groups (broad SMARTS) is 1. The van der Waals surface area contributed by atoms with E-state index in [0.717, 1.165) is 16.4 Å². The molecule has 0 saturated carbocycles. The second-order valence-electron chi connectivity index (χ2n) is 3.28. The van der Waals surface area contributed by atoms with Gasteiger partial charge in [-0.1, -0.05) is 0 Å². The van der Waals surface area contributed by atoms with E-state index < -0.39 is 40.1 Å². The lowest BCUT2D eigenvalue weighted by Gasteiger charge is -2.18. The van der Waals surface area contributed by atoms with Gasteiger partial charge < -0.3 is 19.7 Å². The maximum atomic E-state index is 12.0. The van der Waals surface area contributed by atoms with Crippen LogP contribution in [0.25, 0.3) is 0 Å². The third-order valence-electron chi connectivity index (χ3n) is 2.09. The number of aliphatic hydroxyl groups excluding tert-OH is 2. The molecule has 0 amide bonds. The van der Waals surface area contributed by atoms with E-state index in [1.807, 2.05) is 0 Å². The van der Waals surface area contributed by atoms with Gasteiger partial charge in [-0.05, 0) is 12.1 Å². The number of nitrogens with zero attached hydrogens (tertiary/aromatic N) is 1. The Bertz CT molecular complexity index is 501. The monoisotopic (exact) mass is 279 g/mol. The molecule has 0 bridgehead atoms. The SMILES string of the molecule is O=C(O)c1ccc(S(=O)(=O)N(CCO)CCO)o1. The van der Waals surface area contributed by atoms with E-state index in [2.05, 4.69) is 0 Å². The molecule has 0 atom stereocenters. The number of aromatic carboxylic acids is 1. The summed E-state index contributed by atoms with van der Waals surface area (Å²) < 4.78 is 29.4. The summed E-state index contributed by atoms with van der Waals surface area (Å²) in [6.07, 6.45) is 0. The molecule has 0 saturated heterocycles. The lowest BCUT2D eigenvalue weighted by Crippen LogP contribution is -2.35. The van der Waals surface area contributed by atoms with Gasteiger partial charge in [0.05, 0.1) is 13.2 Å². The van der Waals surface area contributed by atoms with E-state index in [0.29, 0.717) is 0 Å². The molecule has 0 radical (unpaired) electrons. The fourth-order valence-corrected chi connectivity index (χ4v) is 2.61. The van der Waals surface area contributed by atoms with E-state index in [1.165, 1.54) is 0 Å². The minimum Gasteiger partial charge on any atom is -0.475 e. The third kappa shape index (κ3) is 3.07. The van der Waals surface area contributed by atoms with Gasteiger partial charge >= 0.3 is 5.97 Å². The Morgan fingerprint density at radius 3 is 2.17 bits per heavy atom. The topological polar surface area (TPSA) is 128 Å². The number of rotatable bonds is 7. The highest BCUT2D eigenvalue weighted by molar-refractivity contribution is 7.89. The number of carbonyl (C=O) groups is 1. The van der Waals surface area contributed by atoms with Gasteiger partial charge in [0, 0.05) is 13.1 Å². The summed E-state index contributed by atoms with van der Waals surface area (Å²) in [6, 6.07) is 2.03. The Balaban J connectivity index is 3.05. The van der Waals surface area contributed by atoms with E-state index >= 15 is 0 Å². The Morgan fingerprint density at radius 2 is 1.78 bits per heavy atom. The Kier molecular flexibility index (Phi) is 4.84. The van der Waals surface area contributed by atoms with E-state index in [1.54, 1.807) is 0 Å². The number of furan rings is 1. The predicted molar refractivity (Wildman–Crippen MR) is 58.6 cm³/mol. The average molecular weight is 279 g/mol. The summed E-state index contributed by atoms with van der Waals surface area (Å²) in [6.45, 7) is -1.28. The summed E-state index contributed by atoms with van der Waals surface area (Å²) in [5.41, 5.74) is 0. The minimum absolute atomic E-state index is 0.216. The van der Waals surface area contributed by atoms with Crippen LogP contribution in [0, 0.1) is 0 Å². The normalized spacial score (nSPS) is 11.9. The molecule has 102 valence electrons. The van der Waals surface area contributed by atoms with Crippen LogP contribution in [0.3, 0.4) is 0 Å². The number of hydrogen-bond acceptors (Lipinski definition) is 6. The molecule has 0 aliphatic heterocycles. The summed E-state index contributed by atoms with van der Waals surface area (Å²) in [5, 5.41) is 25.6. The van der Waals surface area contributed by atoms with Crippen LogP contribution in [0.5, 0.6) is 0 Å². The number of sulfonamides is 1. The average Bonchev–Trinajstić information content (AvgIpc) is 2.78. The lowest BCUT2D eigenvalue weighted by molar-refractivity contribution is 0.0656. The van der Waals surface area contributed by atoms with Crippen LogP contribution in [0.1, 0.15) is 10.6 Å². The van der Waals surface area contributed by atoms with Crippen molar-refractivity contribution < 1.29 is 32.9 Å². The smallest absolute Gasteiger partial charge is 0.371 e. The van der Waals surface area contributed by atoms with Crippen molar-refractivity contribution in [1.29, 1.82) is 0 Å². The first-order valence-corrected chi connectivity index (χ1v) is 6.42. The molecule has 1 aromatic rings. The first-order valence-electron chi connectivity index (χ1n) is 4.98. The standard InChI is InChI=1S/C9H13NO7S/c11-5-3-10(4-6-12)18(15,16)8-2-1-7(17-8)9(13)14/h1-2,11-12H,3-6H2,(H,13,14). The fraction of sp³-hybridized carbons (Fsp3) is 0.444. The van der Waals surface area contributed by atoms with Crippen LogP contribution >= 0.6 is 0 Å². The van der Waals surface area contributed by atoms with Gasteiger partial charge in [0.15, 0.2) is 0 Å². The van der Waals surface area contributed by atoms with Crippen molar-refractivity contribution in [2.75, 3.05) is 26.3 Å². The van der Waals surface area contributed by atoms with Crippen LogP contribution in [-0.4, -0.2) is 60.3 Å². The Labute approximate surface area is 103 Å². The fourth-order valence-electron chi connectivity index (χ4n) is 1.28. The van der Waals surface area contributed by atoms with E-state index in [-0.39, 0.29) is 13.1 Å². The molecule has 0 unspecified atom stereocenters. The van der Waals surface area contributed by atoms with Crippen molar-refractivity contribution in [2.24, 2.45) is 0 Å². The van der Waals surface area contributed by atoms with E-state index in [9.17, 15) is 13.2 Å². The molecular weight excluding hydrogens is 266 g/mol. The molecular formula is C9H13NO7S. The van der Waals surface area contributed by atoms with Crippen molar-refractivity contribution >= 4 is 16.0 Å². The molecule has 3 N–H and O–H groups in total. The van der Waals surface area contributed by atoms with E-state index in [4.69, 9.17) is 19.7 Å². The molecule has 0 fully saturated rings. The molecule has 1 rings (SSSR count). The van der Waals surface area contributed by atoms with Gasteiger partial charge in [-0.15, -0.1) is 0 Å². The molecule has 9 heteroatoms. The molecule has 1 heterocycles. The van der Waals surface area contributed by atoms with Crippen molar-refractivity contribution in [1.82, 2.24) is 4.31 Å². The molecule has 1 aromatic heterocycles. The van der Waals surface area contributed by atoms with Crippen molar-refractivity contribution in [2.45, 2.75) is 5.09 Å². The van der Waals surface area contributed by atoms with Crippen LogP contribution in [0.4, 0.5) is 0 Å². The lowest BCUT2D eigenvalue weighted by atomic mass is 10.5. The van der Waals surface area contributed by atoms with Gasteiger partial charge in [0.2, 0.25) is 10.9 Å². The molecule has 0 aliphatic carbocycles. The zero-order valence-electron chi connectivity index (χ0n) is 9.31. The zero-order valence-corrected chi connectivity index (χ0v) is 10.1. The largest absolute Gasteiger partial charge is 0.475 e.